The fourth-order valence-electron chi connectivity index (χ4n) is 1.17. The molecule has 1 rings (SSSR count). The van der Waals surface area contributed by atoms with Crippen LogP contribution in [0, 0.1) is 0 Å². The zero-order valence-electron chi connectivity index (χ0n) is 9.88. The van der Waals surface area contributed by atoms with E-state index in [0.717, 1.165) is 0 Å². The van der Waals surface area contributed by atoms with Crippen molar-refractivity contribution in [2.75, 3.05) is 38.4 Å². The molecule has 8 heteroatoms. The monoisotopic (exact) mass is 243 g/mol. The number of aliphatic hydroxyl groups excluding tert-OH is 1. The number of rotatable bonds is 7. The van der Waals surface area contributed by atoms with Crippen LogP contribution in [-0.4, -0.2) is 53.5 Å². The third kappa shape index (κ3) is 4.79. The van der Waals surface area contributed by atoms with Crippen molar-refractivity contribution in [2.24, 2.45) is 0 Å². The lowest BCUT2D eigenvalue weighted by molar-refractivity contribution is 0.0615. The Kier molecular flexibility index (Phi) is 5.37. The molecular weight excluding hydrogens is 226 g/mol. The Morgan fingerprint density at radius 3 is 2.76 bits per heavy atom. The number of anilines is 2. The highest BCUT2D eigenvalue weighted by atomic mass is 16.5. The minimum absolute atomic E-state index is 0.0804. The predicted molar refractivity (Wildman–Crippen MR) is 61.8 cm³/mol. The van der Waals surface area contributed by atoms with Gasteiger partial charge in [0, 0.05) is 13.7 Å². The van der Waals surface area contributed by atoms with Gasteiger partial charge in [-0.1, -0.05) is 0 Å². The topological polar surface area (TPSA) is 115 Å². The van der Waals surface area contributed by atoms with Crippen molar-refractivity contribution in [3.8, 4) is 6.01 Å². The second-order valence-corrected chi connectivity index (χ2v) is 3.33. The smallest absolute Gasteiger partial charge is 0.322 e. The Balaban J connectivity index is 2.43. The molecule has 0 radical (unpaired) electrons. The van der Waals surface area contributed by atoms with Crippen LogP contribution in [0.5, 0.6) is 6.01 Å². The van der Waals surface area contributed by atoms with Crippen LogP contribution in [0.1, 0.15) is 6.42 Å². The van der Waals surface area contributed by atoms with Gasteiger partial charge in [-0.15, -0.1) is 0 Å². The molecule has 0 aliphatic carbocycles. The van der Waals surface area contributed by atoms with E-state index in [2.05, 4.69) is 20.3 Å². The van der Waals surface area contributed by atoms with E-state index in [4.69, 9.17) is 15.2 Å². The van der Waals surface area contributed by atoms with Crippen LogP contribution in [0.15, 0.2) is 0 Å². The van der Waals surface area contributed by atoms with Gasteiger partial charge in [-0.25, -0.2) is 0 Å². The fourth-order valence-corrected chi connectivity index (χ4v) is 1.17. The molecule has 0 saturated carbocycles. The molecule has 8 nitrogen and oxygen atoms in total. The van der Waals surface area contributed by atoms with Gasteiger partial charge in [-0.2, -0.15) is 15.0 Å². The second kappa shape index (κ2) is 6.81. The second-order valence-electron chi connectivity index (χ2n) is 3.33. The Morgan fingerprint density at radius 1 is 1.35 bits per heavy atom. The summed E-state index contributed by atoms with van der Waals surface area (Å²) in [6, 6.07) is 0.150. The number of nitrogens with two attached hydrogens (primary N) is 1. The van der Waals surface area contributed by atoms with Crippen LogP contribution in [0.4, 0.5) is 11.9 Å². The summed E-state index contributed by atoms with van der Waals surface area (Å²) in [4.78, 5) is 11.6. The molecule has 1 aromatic rings. The Bertz CT molecular complexity index is 349. The molecule has 96 valence electrons. The third-order valence-electron chi connectivity index (χ3n) is 1.93. The summed E-state index contributed by atoms with van der Waals surface area (Å²) < 4.78 is 9.65. The van der Waals surface area contributed by atoms with Gasteiger partial charge in [-0.3, -0.25) is 0 Å². The minimum Gasteiger partial charge on any atom is -0.467 e. The van der Waals surface area contributed by atoms with Gasteiger partial charge in [0.2, 0.25) is 11.9 Å². The standard InChI is InChI=1S/C9H17N5O3/c1-16-5-6(15)3-4-11-8-12-7(10)13-9(14-8)17-2/h6,15H,3-5H2,1-2H3,(H3,10,11,12,13,14). The van der Waals surface area contributed by atoms with Crippen molar-refractivity contribution in [1.29, 1.82) is 0 Å². The number of nitrogens with one attached hydrogen (secondary N) is 1. The van der Waals surface area contributed by atoms with E-state index in [-0.39, 0.29) is 12.0 Å². The van der Waals surface area contributed by atoms with Gasteiger partial charge in [0.05, 0.1) is 19.8 Å². The Hall–Kier alpha value is -1.67. The number of hydrogen-bond acceptors (Lipinski definition) is 8. The van der Waals surface area contributed by atoms with E-state index < -0.39 is 6.10 Å². The van der Waals surface area contributed by atoms with Crippen LogP contribution in [0.25, 0.3) is 0 Å². The summed E-state index contributed by atoms with van der Waals surface area (Å²) in [6.45, 7) is 0.793. The zero-order chi connectivity index (χ0) is 12.7. The number of ether oxygens (including phenoxy) is 2. The summed E-state index contributed by atoms with van der Waals surface area (Å²) in [7, 11) is 2.98. The number of aromatic nitrogens is 3. The van der Waals surface area contributed by atoms with E-state index in [9.17, 15) is 5.11 Å². The quantitative estimate of drug-likeness (QED) is 0.574. The summed E-state index contributed by atoms with van der Waals surface area (Å²) in [5.41, 5.74) is 5.46. The number of hydrogen-bond donors (Lipinski definition) is 3. The fraction of sp³-hybridized carbons (Fsp3) is 0.667. The molecule has 0 fully saturated rings. The van der Waals surface area contributed by atoms with E-state index in [1.165, 1.54) is 14.2 Å². The number of nitrogens with zero attached hydrogens (tertiary/aromatic N) is 3. The average Bonchev–Trinajstić information content (AvgIpc) is 2.28. The maximum Gasteiger partial charge on any atom is 0.322 e. The summed E-state index contributed by atoms with van der Waals surface area (Å²) in [5, 5.41) is 12.3. The van der Waals surface area contributed by atoms with Crippen molar-refractivity contribution < 1.29 is 14.6 Å². The maximum absolute atomic E-state index is 9.41. The molecular formula is C9H17N5O3. The highest BCUT2D eigenvalue weighted by Crippen LogP contribution is 2.08. The molecule has 1 heterocycles. The SMILES string of the molecule is COCC(O)CCNc1nc(N)nc(OC)n1. The third-order valence-corrected chi connectivity index (χ3v) is 1.93. The first-order valence-corrected chi connectivity index (χ1v) is 5.12. The van der Waals surface area contributed by atoms with Crippen molar-refractivity contribution in [2.45, 2.75) is 12.5 Å². The lowest BCUT2D eigenvalue weighted by atomic mass is 10.3. The first-order chi connectivity index (χ1) is 8.15. The highest BCUT2D eigenvalue weighted by molar-refractivity contribution is 5.32. The van der Waals surface area contributed by atoms with Gasteiger partial charge in [0.25, 0.3) is 0 Å². The van der Waals surface area contributed by atoms with Gasteiger partial charge in [-0.05, 0) is 6.42 Å². The van der Waals surface area contributed by atoms with E-state index in [1.54, 1.807) is 0 Å². The highest BCUT2D eigenvalue weighted by Gasteiger charge is 2.06. The normalized spacial score (nSPS) is 12.2. The molecule has 0 bridgehead atoms. The predicted octanol–water partition coefficient (Wildman–Crippen LogP) is -0.728. The van der Waals surface area contributed by atoms with Crippen LogP contribution < -0.4 is 15.8 Å². The molecule has 0 saturated heterocycles. The lowest BCUT2D eigenvalue weighted by Crippen LogP contribution is -2.19. The molecule has 0 spiro atoms. The largest absolute Gasteiger partial charge is 0.467 e. The van der Waals surface area contributed by atoms with Crippen LogP contribution in [0.2, 0.25) is 0 Å². The Morgan fingerprint density at radius 2 is 2.12 bits per heavy atom. The van der Waals surface area contributed by atoms with Gasteiger partial charge in [0.1, 0.15) is 0 Å². The molecule has 0 aromatic carbocycles. The van der Waals surface area contributed by atoms with Gasteiger partial charge >= 0.3 is 6.01 Å². The molecule has 0 aliphatic heterocycles. The van der Waals surface area contributed by atoms with E-state index in [0.29, 0.717) is 25.5 Å². The molecule has 1 aromatic heterocycles. The first kappa shape index (κ1) is 13.4. The molecule has 1 atom stereocenters. The first-order valence-electron chi connectivity index (χ1n) is 5.12. The number of methoxy groups -OCH3 is 2. The number of nitrogen functional groups attached to an aromatic ring is 1. The number of aliphatic hydroxyl groups is 1. The average molecular weight is 243 g/mol. The minimum atomic E-state index is -0.520. The molecule has 0 aliphatic rings. The van der Waals surface area contributed by atoms with Gasteiger partial charge < -0.3 is 25.6 Å². The summed E-state index contributed by atoms with van der Waals surface area (Å²) in [6.07, 6.45) is -0.00422. The molecule has 1 unspecified atom stereocenters. The van der Waals surface area contributed by atoms with Crippen molar-refractivity contribution in [3.05, 3.63) is 0 Å². The van der Waals surface area contributed by atoms with Crippen LogP contribution in [0.3, 0.4) is 0 Å². The lowest BCUT2D eigenvalue weighted by Gasteiger charge is -2.10. The van der Waals surface area contributed by atoms with E-state index >= 15 is 0 Å². The summed E-state index contributed by atoms with van der Waals surface area (Å²) in [5.74, 6) is 0.399. The maximum atomic E-state index is 9.41. The van der Waals surface area contributed by atoms with Crippen molar-refractivity contribution >= 4 is 11.9 Å². The molecule has 4 N–H and O–H groups in total. The molecule has 0 amide bonds. The van der Waals surface area contributed by atoms with Crippen molar-refractivity contribution in [3.63, 3.8) is 0 Å². The van der Waals surface area contributed by atoms with Crippen LogP contribution in [-0.2, 0) is 4.74 Å². The van der Waals surface area contributed by atoms with Crippen molar-refractivity contribution in [1.82, 2.24) is 15.0 Å². The zero-order valence-corrected chi connectivity index (χ0v) is 9.88. The van der Waals surface area contributed by atoms with Gasteiger partial charge in [0.15, 0.2) is 0 Å². The van der Waals surface area contributed by atoms with Crippen LogP contribution >= 0.6 is 0 Å². The Labute approximate surface area is 99.2 Å². The molecule has 17 heavy (non-hydrogen) atoms. The van der Waals surface area contributed by atoms with E-state index in [1.807, 2.05) is 0 Å². The summed E-state index contributed by atoms with van der Waals surface area (Å²) >= 11 is 0.